The van der Waals surface area contributed by atoms with Gasteiger partial charge in [0.1, 0.15) is 5.75 Å². The number of hydrogen-bond donors (Lipinski definition) is 2. The van der Waals surface area contributed by atoms with E-state index in [0.29, 0.717) is 26.4 Å². The molecule has 0 amide bonds. The zero-order valence-corrected chi connectivity index (χ0v) is 18.7. The van der Waals surface area contributed by atoms with Gasteiger partial charge in [-0.3, -0.25) is 9.89 Å². The van der Waals surface area contributed by atoms with E-state index in [4.69, 9.17) is 23.9 Å². The minimum absolute atomic E-state index is 0.161. The molecule has 8 heteroatoms. The lowest BCUT2D eigenvalue weighted by Crippen LogP contribution is -2.42. The Bertz CT molecular complexity index is 589. The minimum atomic E-state index is 0.161. The van der Waals surface area contributed by atoms with Crippen molar-refractivity contribution in [2.75, 3.05) is 78.2 Å². The topological polar surface area (TPSA) is 76.6 Å². The quantitative estimate of drug-likeness (QED) is 0.287. The van der Waals surface area contributed by atoms with E-state index < -0.39 is 0 Å². The molecule has 0 radical (unpaired) electrons. The third-order valence-electron chi connectivity index (χ3n) is 4.46. The van der Waals surface area contributed by atoms with Crippen LogP contribution in [0, 0.1) is 0 Å². The van der Waals surface area contributed by atoms with Crippen molar-refractivity contribution >= 4 is 11.6 Å². The first-order valence-corrected chi connectivity index (χ1v) is 10.9. The molecular formula is C22H38N4O4. The van der Waals surface area contributed by atoms with E-state index in [1.807, 2.05) is 38.1 Å². The highest BCUT2D eigenvalue weighted by Gasteiger charge is 2.10. The first-order chi connectivity index (χ1) is 14.7. The van der Waals surface area contributed by atoms with Crippen LogP contribution in [0.5, 0.6) is 5.75 Å². The molecule has 170 valence electrons. The summed E-state index contributed by atoms with van der Waals surface area (Å²) < 4.78 is 21.6. The second-order valence-electron chi connectivity index (χ2n) is 7.39. The fourth-order valence-corrected chi connectivity index (χ4v) is 2.92. The summed E-state index contributed by atoms with van der Waals surface area (Å²) in [5.74, 6) is 1.64. The average molecular weight is 423 g/mol. The Balaban J connectivity index is 1.82. The number of methoxy groups -OCH3 is 1. The van der Waals surface area contributed by atoms with Gasteiger partial charge in [-0.2, -0.15) is 0 Å². The molecule has 0 aliphatic carbocycles. The molecule has 0 atom stereocenters. The van der Waals surface area contributed by atoms with Crippen LogP contribution in [0.1, 0.15) is 20.3 Å². The Morgan fingerprint density at radius 3 is 2.60 bits per heavy atom. The molecular weight excluding hydrogens is 384 g/mol. The number of rotatable bonds is 13. The van der Waals surface area contributed by atoms with Crippen LogP contribution in [-0.2, 0) is 14.2 Å². The molecule has 0 saturated carbocycles. The number of morpholine rings is 1. The fraction of sp³-hybridized carbons (Fsp3) is 0.682. The van der Waals surface area contributed by atoms with Gasteiger partial charge in [0.05, 0.1) is 32.5 Å². The van der Waals surface area contributed by atoms with Crippen molar-refractivity contribution in [3.8, 4) is 5.75 Å². The third-order valence-corrected chi connectivity index (χ3v) is 4.46. The molecule has 8 nitrogen and oxygen atoms in total. The zero-order valence-electron chi connectivity index (χ0n) is 18.7. The predicted molar refractivity (Wildman–Crippen MR) is 121 cm³/mol. The normalized spacial score (nSPS) is 15.4. The Morgan fingerprint density at radius 1 is 1.13 bits per heavy atom. The van der Waals surface area contributed by atoms with Gasteiger partial charge in [-0.05, 0) is 44.5 Å². The lowest BCUT2D eigenvalue weighted by molar-refractivity contribution is 0.0389. The molecule has 1 aromatic rings. The van der Waals surface area contributed by atoms with Gasteiger partial charge in [-0.15, -0.1) is 0 Å². The van der Waals surface area contributed by atoms with Gasteiger partial charge in [0.2, 0.25) is 0 Å². The first kappa shape index (κ1) is 24.4. The van der Waals surface area contributed by atoms with Crippen molar-refractivity contribution in [1.82, 2.24) is 10.2 Å². The van der Waals surface area contributed by atoms with Crippen molar-refractivity contribution in [2.45, 2.75) is 26.4 Å². The van der Waals surface area contributed by atoms with Crippen LogP contribution in [0.4, 0.5) is 5.69 Å². The highest BCUT2D eigenvalue weighted by Crippen LogP contribution is 2.16. The maximum absolute atomic E-state index is 5.71. The van der Waals surface area contributed by atoms with E-state index in [2.05, 4.69) is 15.5 Å². The van der Waals surface area contributed by atoms with Crippen LogP contribution >= 0.6 is 0 Å². The molecule has 1 saturated heterocycles. The van der Waals surface area contributed by atoms with E-state index >= 15 is 0 Å². The smallest absolute Gasteiger partial charge is 0.195 e. The number of ether oxygens (including phenoxy) is 4. The van der Waals surface area contributed by atoms with Crippen molar-refractivity contribution in [2.24, 2.45) is 4.99 Å². The van der Waals surface area contributed by atoms with Crippen LogP contribution < -0.4 is 15.4 Å². The third kappa shape index (κ3) is 10.8. The van der Waals surface area contributed by atoms with E-state index in [9.17, 15) is 0 Å². The molecule has 1 aromatic carbocycles. The van der Waals surface area contributed by atoms with Crippen molar-refractivity contribution in [3.05, 3.63) is 24.3 Å². The number of hydrogen-bond acceptors (Lipinski definition) is 6. The van der Waals surface area contributed by atoms with Gasteiger partial charge < -0.3 is 29.6 Å². The van der Waals surface area contributed by atoms with Gasteiger partial charge in [0.25, 0.3) is 0 Å². The molecule has 0 spiro atoms. The van der Waals surface area contributed by atoms with Crippen molar-refractivity contribution < 1.29 is 18.9 Å². The van der Waals surface area contributed by atoms with E-state index in [0.717, 1.165) is 63.2 Å². The number of anilines is 1. The number of nitrogens with one attached hydrogen (secondary N) is 2. The zero-order chi connectivity index (χ0) is 21.4. The first-order valence-electron chi connectivity index (χ1n) is 10.9. The Kier molecular flexibility index (Phi) is 12.2. The lowest BCUT2D eigenvalue weighted by Gasteiger charge is -2.26. The SMILES string of the molecule is COCCOCCCN=C(NCCN1CCOCC1)Nc1ccc(OC(C)C)cc1. The molecule has 2 rings (SSSR count). The molecule has 30 heavy (non-hydrogen) atoms. The Hall–Kier alpha value is -1.87. The summed E-state index contributed by atoms with van der Waals surface area (Å²) in [5, 5.41) is 6.83. The molecule has 1 fully saturated rings. The molecule has 1 aliphatic rings. The standard InChI is InChI=1S/C22H38N4O4/c1-19(2)30-21-7-5-20(6-8-21)25-22(23-9-4-14-28-18-17-27-3)24-10-11-26-12-15-29-16-13-26/h5-8,19H,4,9-18H2,1-3H3,(H2,23,24,25). The summed E-state index contributed by atoms with van der Waals surface area (Å²) in [5.41, 5.74) is 0.972. The second-order valence-corrected chi connectivity index (χ2v) is 7.39. The maximum atomic E-state index is 5.71. The number of nitrogens with zero attached hydrogens (tertiary/aromatic N) is 2. The van der Waals surface area contributed by atoms with Gasteiger partial charge in [-0.1, -0.05) is 0 Å². The van der Waals surface area contributed by atoms with Gasteiger partial charge in [0.15, 0.2) is 5.96 Å². The summed E-state index contributed by atoms with van der Waals surface area (Å²) in [6, 6.07) is 7.95. The molecule has 0 unspecified atom stereocenters. The largest absolute Gasteiger partial charge is 0.491 e. The van der Waals surface area contributed by atoms with Crippen LogP contribution in [-0.4, -0.2) is 89.8 Å². The molecule has 1 aliphatic heterocycles. The van der Waals surface area contributed by atoms with Crippen molar-refractivity contribution in [3.63, 3.8) is 0 Å². The Morgan fingerprint density at radius 2 is 1.90 bits per heavy atom. The van der Waals surface area contributed by atoms with E-state index in [-0.39, 0.29) is 6.10 Å². The lowest BCUT2D eigenvalue weighted by atomic mass is 10.3. The summed E-state index contributed by atoms with van der Waals surface area (Å²) >= 11 is 0. The predicted octanol–water partition coefficient (Wildman–Crippen LogP) is 2.22. The monoisotopic (exact) mass is 422 g/mol. The Labute approximate surface area is 180 Å². The fourth-order valence-electron chi connectivity index (χ4n) is 2.92. The molecule has 2 N–H and O–H groups in total. The van der Waals surface area contributed by atoms with Crippen LogP contribution in [0.2, 0.25) is 0 Å². The number of benzene rings is 1. The van der Waals surface area contributed by atoms with Crippen LogP contribution in [0.25, 0.3) is 0 Å². The van der Waals surface area contributed by atoms with Gasteiger partial charge in [-0.25, -0.2) is 0 Å². The van der Waals surface area contributed by atoms with E-state index in [1.165, 1.54) is 0 Å². The van der Waals surface area contributed by atoms with E-state index in [1.54, 1.807) is 7.11 Å². The highest BCUT2D eigenvalue weighted by atomic mass is 16.5. The minimum Gasteiger partial charge on any atom is -0.491 e. The highest BCUT2D eigenvalue weighted by molar-refractivity contribution is 5.93. The van der Waals surface area contributed by atoms with Gasteiger partial charge >= 0.3 is 0 Å². The molecule has 1 heterocycles. The molecule has 0 bridgehead atoms. The van der Waals surface area contributed by atoms with Crippen LogP contribution in [0.3, 0.4) is 0 Å². The summed E-state index contributed by atoms with van der Waals surface area (Å²) in [6.45, 7) is 12.0. The summed E-state index contributed by atoms with van der Waals surface area (Å²) in [7, 11) is 1.68. The van der Waals surface area contributed by atoms with Gasteiger partial charge in [0, 0.05) is 52.1 Å². The number of aliphatic imine (C=N–C) groups is 1. The number of guanidine groups is 1. The molecule has 0 aromatic heterocycles. The van der Waals surface area contributed by atoms with Crippen molar-refractivity contribution in [1.29, 1.82) is 0 Å². The average Bonchev–Trinajstić information content (AvgIpc) is 2.74. The van der Waals surface area contributed by atoms with Crippen LogP contribution in [0.15, 0.2) is 29.3 Å². The second kappa shape index (κ2) is 15.0. The maximum Gasteiger partial charge on any atom is 0.195 e. The summed E-state index contributed by atoms with van der Waals surface area (Å²) in [4.78, 5) is 7.10. The summed E-state index contributed by atoms with van der Waals surface area (Å²) in [6.07, 6.45) is 1.02.